The maximum Gasteiger partial charge on any atom is 0.223 e. The molecule has 0 spiro atoms. The first-order valence-corrected chi connectivity index (χ1v) is 8.20. The molecule has 1 heterocycles. The molecule has 1 aliphatic heterocycles. The van der Waals surface area contributed by atoms with Crippen molar-refractivity contribution in [1.29, 1.82) is 0 Å². The van der Waals surface area contributed by atoms with Gasteiger partial charge in [-0.3, -0.25) is 9.69 Å². The monoisotopic (exact) mass is 308 g/mol. The van der Waals surface area contributed by atoms with E-state index in [9.17, 15) is 4.79 Å². The first-order valence-electron chi connectivity index (χ1n) is 7.82. The summed E-state index contributed by atoms with van der Waals surface area (Å²) >= 11 is 5.87. The van der Waals surface area contributed by atoms with Crippen LogP contribution < -0.4 is 5.32 Å². The molecule has 116 valence electrons. The Labute approximate surface area is 132 Å². The summed E-state index contributed by atoms with van der Waals surface area (Å²) in [5.41, 5.74) is 1.15. The van der Waals surface area contributed by atoms with E-state index in [1.54, 1.807) is 0 Å². The molecule has 2 unspecified atom stereocenters. The lowest BCUT2D eigenvalue weighted by molar-refractivity contribution is -0.124. The summed E-state index contributed by atoms with van der Waals surface area (Å²) in [6.45, 7) is 7.23. The molecular formula is C17H25ClN2O. The summed E-state index contributed by atoms with van der Waals surface area (Å²) in [5, 5.41) is 3.82. The molecule has 0 aromatic heterocycles. The first kappa shape index (κ1) is 16.3. The third-order valence-electron chi connectivity index (χ3n) is 4.24. The Morgan fingerprint density at radius 1 is 1.24 bits per heavy atom. The van der Waals surface area contributed by atoms with Crippen LogP contribution in [-0.2, 0) is 11.2 Å². The zero-order chi connectivity index (χ0) is 15.2. The molecule has 1 fully saturated rings. The summed E-state index contributed by atoms with van der Waals surface area (Å²) in [6, 6.07) is 8.14. The van der Waals surface area contributed by atoms with Crippen LogP contribution >= 0.6 is 11.6 Å². The predicted octanol–water partition coefficient (Wildman–Crippen LogP) is 3.12. The second kappa shape index (κ2) is 7.81. The topological polar surface area (TPSA) is 32.3 Å². The number of amides is 1. The molecule has 3 nitrogen and oxygen atoms in total. The summed E-state index contributed by atoms with van der Waals surface area (Å²) in [6.07, 6.45) is 3.32. The smallest absolute Gasteiger partial charge is 0.223 e. The fourth-order valence-electron chi connectivity index (χ4n) is 2.80. The van der Waals surface area contributed by atoms with Gasteiger partial charge in [-0.25, -0.2) is 0 Å². The number of halogens is 1. The number of nitrogens with one attached hydrogen (secondary N) is 1. The van der Waals surface area contributed by atoms with E-state index in [2.05, 4.69) is 17.1 Å². The van der Waals surface area contributed by atoms with Crippen LogP contribution in [0, 0.1) is 5.92 Å². The average Bonchev–Trinajstić information content (AvgIpc) is 3.01. The van der Waals surface area contributed by atoms with Crippen LogP contribution in [0.15, 0.2) is 24.3 Å². The number of benzene rings is 1. The number of nitrogens with zero attached hydrogens (tertiary/aromatic N) is 1. The molecule has 1 aromatic carbocycles. The second-order valence-electron chi connectivity index (χ2n) is 6.07. The van der Waals surface area contributed by atoms with Gasteiger partial charge in [-0.2, -0.15) is 0 Å². The van der Waals surface area contributed by atoms with E-state index >= 15 is 0 Å². The standard InChI is InChI=1S/C17H25ClN2O/c1-13(11-15-5-7-16(18)8-6-15)17(21)19-12-14(2)20-9-3-4-10-20/h5-8,13-14H,3-4,9-12H2,1-2H3,(H,19,21). The fraction of sp³-hybridized carbons (Fsp3) is 0.588. The third kappa shape index (κ3) is 5.01. The Kier molecular flexibility index (Phi) is 6.07. The number of carbonyl (C=O) groups excluding carboxylic acids is 1. The maximum absolute atomic E-state index is 12.2. The van der Waals surface area contributed by atoms with Gasteiger partial charge in [0.25, 0.3) is 0 Å². The van der Waals surface area contributed by atoms with E-state index in [0.717, 1.165) is 36.6 Å². The van der Waals surface area contributed by atoms with Crippen molar-refractivity contribution >= 4 is 17.5 Å². The number of carbonyl (C=O) groups is 1. The van der Waals surface area contributed by atoms with Crippen molar-refractivity contribution in [1.82, 2.24) is 10.2 Å². The molecule has 0 aliphatic carbocycles. The SMILES string of the molecule is CC(Cc1ccc(Cl)cc1)C(=O)NCC(C)N1CCCC1. The quantitative estimate of drug-likeness (QED) is 0.876. The summed E-state index contributed by atoms with van der Waals surface area (Å²) < 4.78 is 0. The van der Waals surface area contributed by atoms with Gasteiger partial charge in [0.15, 0.2) is 0 Å². The van der Waals surface area contributed by atoms with E-state index in [4.69, 9.17) is 11.6 Å². The van der Waals surface area contributed by atoms with Crippen LogP contribution in [0.4, 0.5) is 0 Å². The van der Waals surface area contributed by atoms with Gasteiger partial charge in [0.05, 0.1) is 0 Å². The molecule has 2 rings (SSSR count). The molecule has 1 N–H and O–H groups in total. The van der Waals surface area contributed by atoms with E-state index in [-0.39, 0.29) is 11.8 Å². The molecule has 21 heavy (non-hydrogen) atoms. The summed E-state index contributed by atoms with van der Waals surface area (Å²) in [4.78, 5) is 14.6. The van der Waals surface area contributed by atoms with Crippen LogP contribution in [0.1, 0.15) is 32.3 Å². The average molecular weight is 309 g/mol. The predicted molar refractivity (Wildman–Crippen MR) is 87.6 cm³/mol. The van der Waals surface area contributed by atoms with Gasteiger partial charge in [-0.05, 0) is 57.0 Å². The van der Waals surface area contributed by atoms with Crippen LogP contribution in [0.3, 0.4) is 0 Å². The lowest BCUT2D eigenvalue weighted by atomic mass is 10.0. The highest BCUT2D eigenvalue weighted by molar-refractivity contribution is 6.30. The van der Waals surface area contributed by atoms with E-state index < -0.39 is 0 Å². The highest BCUT2D eigenvalue weighted by atomic mass is 35.5. The van der Waals surface area contributed by atoms with Gasteiger partial charge in [-0.1, -0.05) is 30.7 Å². The van der Waals surface area contributed by atoms with Crippen molar-refractivity contribution in [3.8, 4) is 0 Å². The normalized spacial score (nSPS) is 18.4. The number of hydrogen-bond donors (Lipinski definition) is 1. The van der Waals surface area contributed by atoms with Gasteiger partial charge in [-0.15, -0.1) is 0 Å². The maximum atomic E-state index is 12.2. The first-order chi connectivity index (χ1) is 10.1. The zero-order valence-electron chi connectivity index (χ0n) is 12.9. The van der Waals surface area contributed by atoms with E-state index in [1.807, 2.05) is 31.2 Å². The van der Waals surface area contributed by atoms with E-state index in [0.29, 0.717) is 6.04 Å². The van der Waals surface area contributed by atoms with Crippen molar-refractivity contribution in [3.63, 3.8) is 0 Å². The molecule has 1 aliphatic rings. The van der Waals surface area contributed by atoms with Gasteiger partial charge in [0, 0.05) is 23.5 Å². The van der Waals surface area contributed by atoms with Gasteiger partial charge < -0.3 is 5.32 Å². The summed E-state index contributed by atoms with van der Waals surface area (Å²) in [5.74, 6) is 0.118. The Hall–Kier alpha value is -1.06. The van der Waals surface area contributed by atoms with Gasteiger partial charge >= 0.3 is 0 Å². The molecule has 0 bridgehead atoms. The molecular weight excluding hydrogens is 284 g/mol. The number of likely N-dealkylation sites (tertiary alicyclic amines) is 1. The van der Waals surface area contributed by atoms with Crippen molar-refractivity contribution in [2.45, 2.75) is 39.2 Å². The van der Waals surface area contributed by atoms with Crippen LogP contribution in [0.25, 0.3) is 0 Å². The minimum Gasteiger partial charge on any atom is -0.354 e. The van der Waals surface area contributed by atoms with Gasteiger partial charge in [0.2, 0.25) is 5.91 Å². The van der Waals surface area contributed by atoms with Crippen LogP contribution in [-0.4, -0.2) is 36.5 Å². The Morgan fingerprint density at radius 2 is 1.86 bits per heavy atom. The minimum absolute atomic E-state index is 0.0167. The molecule has 1 aromatic rings. The van der Waals surface area contributed by atoms with Gasteiger partial charge in [0.1, 0.15) is 0 Å². The van der Waals surface area contributed by atoms with Crippen LogP contribution in [0.2, 0.25) is 5.02 Å². The van der Waals surface area contributed by atoms with Crippen molar-refractivity contribution in [2.24, 2.45) is 5.92 Å². The molecule has 0 radical (unpaired) electrons. The van der Waals surface area contributed by atoms with Crippen molar-refractivity contribution in [3.05, 3.63) is 34.9 Å². The Balaban J connectivity index is 1.75. The Bertz CT molecular complexity index is 454. The van der Waals surface area contributed by atoms with Crippen molar-refractivity contribution in [2.75, 3.05) is 19.6 Å². The second-order valence-corrected chi connectivity index (χ2v) is 6.51. The summed E-state index contributed by atoms with van der Waals surface area (Å²) in [7, 11) is 0. The molecule has 4 heteroatoms. The lowest BCUT2D eigenvalue weighted by Gasteiger charge is -2.24. The fourth-order valence-corrected chi connectivity index (χ4v) is 2.93. The number of rotatable bonds is 6. The Morgan fingerprint density at radius 3 is 2.48 bits per heavy atom. The lowest BCUT2D eigenvalue weighted by Crippen LogP contribution is -2.42. The highest BCUT2D eigenvalue weighted by Crippen LogP contribution is 2.14. The molecule has 1 saturated heterocycles. The molecule has 1 amide bonds. The minimum atomic E-state index is -0.0167. The van der Waals surface area contributed by atoms with Crippen molar-refractivity contribution < 1.29 is 4.79 Å². The third-order valence-corrected chi connectivity index (χ3v) is 4.49. The largest absolute Gasteiger partial charge is 0.354 e. The zero-order valence-corrected chi connectivity index (χ0v) is 13.7. The van der Waals surface area contributed by atoms with E-state index in [1.165, 1.54) is 12.8 Å². The molecule has 0 saturated carbocycles. The molecule has 2 atom stereocenters. The van der Waals surface area contributed by atoms with Crippen LogP contribution in [0.5, 0.6) is 0 Å². The number of hydrogen-bond acceptors (Lipinski definition) is 2. The highest BCUT2D eigenvalue weighted by Gasteiger charge is 2.20.